The zero-order valence-corrected chi connectivity index (χ0v) is 12.4. The van der Waals surface area contributed by atoms with Gasteiger partial charge in [-0.05, 0) is 18.2 Å². The maximum Gasteiger partial charge on any atom is 0.276 e. The topological polar surface area (TPSA) is 78.4 Å². The van der Waals surface area contributed by atoms with Crippen molar-refractivity contribution >= 4 is 28.9 Å². The van der Waals surface area contributed by atoms with Crippen LogP contribution in [-0.4, -0.2) is 4.92 Å². The highest BCUT2D eigenvalue weighted by Gasteiger charge is 2.16. The summed E-state index contributed by atoms with van der Waals surface area (Å²) in [6, 6.07) is 9.52. The summed E-state index contributed by atoms with van der Waals surface area (Å²) in [6.07, 6.45) is 0. The molecule has 0 aliphatic rings. The Labute approximate surface area is 131 Å². The lowest BCUT2D eigenvalue weighted by Crippen LogP contribution is -2.05. The molecule has 2 rings (SSSR count). The molecule has 0 aliphatic heterocycles. The van der Waals surface area contributed by atoms with E-state index in [1.807, 2.05) is 0 Å². The molecule has 0 radical (unpaired) electrons. The summed E-state index contributed by atoms with van der Waals surface area (Å²) in [5.74, 6) is 0.427. The normalized spacial score (nSPS) is 10.4. The van der Waals surface area contributed by atoms with E-state index in [1.165, 1.54) is 18.2 Å². The third-order valence-electron chi connectivity index (χ3n) is 2.88. The molecular weight excluding hydrogens is 315 g/mol. The van der Waals surface area contributed by atoms with Crippen molar-refractivity contribution in [3.63, 3.8) is 0 Å². The van der Waals surface area contributed by atoms with Crippen LogP contribution in [0.2, 0.25) is 10.0 Å². The largest absolute Gasteiger partial charge is 0.487 e. The molecule has 5 nitrogen and oxygen atoms in total. The van der Waals surface area contributed by atoms with Crippen molar-refractivity contribution < 1.29 is 9.66 Å². The fraction of sp³-hybridized carbons (Fsp3) is 0.143. The lowest BCUT2D eigenvalue weighted by atomic mass is 10.2. The molecule has 0 aliphatic carbocycles. The van der Waals surface area contributed by atoms with Crippen LogP contribution in [0.1, 0.15) is 11.1 Å². The smallest absolute Gasteiger partial charge is 0.276 e. The monoisotopic (exact) mass is 326 g/mol. The third kappa shape index (κ3) is 3.64. The number of rotatable bonds is 5. The van der Waals surface area contributed by atoms with Crippen LogP contribution < -0.4 is 10.5 Å². The summed E-state index contributed by atoms with van der Waals surface area (Å²) in [4.78, 5) is 10.5. The minimum atomic E-state index is -0.481. The van der Waals surface area contributed by atoms with Gasteiger partial charge in [0.1, 0.15) is 12.4 Å². The van der Waals surface area contributed by atoms with E-state index in [1.54, 1.807) is 18.2 Å². The van der Waals surface area contributed by atoms with E-state index >= 15 is 0 Å². The van der Waals surface area contributed by atoms with Crippen LogP contribution in [0.25, 0.3) is 0 Å². The first kappa shape index (κ1) is 15.6. The predicted molar refractivity (Wildman–Crippen MR) is 81.8 cm³/mol. The number of hydrogen-bond donors (Lipinski definition) is 1. The molecule has 21 heavy (non-hydrogen) atoms. The van der Waals surface area contributed by atoms with Crippen LogP contribution in [0, 0.1) is 10.1 Å². The fourth-order valence-corrected chi connectivity index (χ4v) is 2.32. The summed E-state index contributed by atoms with van der Waals surface area (Å²) in [7, 11) is 0. The van der Waals surface area contributed by atoms with Gasteiger partial charge in [0.15, 0.2) is 0 Å². The molecule has 0 unspecified atom stereocenters. The van der Waals surface area contributed by atoms with E-state index in [-0.39, 0.29) is 18.8 Å². The number of nitrogens with zero attached hydrogens (tertiary/aromatic N) is 1. The number of nitro benzene ring substituents is 1. The van der Waals surface area contributed by atoms with Gasteiger partial charge in [-0.3, -0.25) is 10.1 Å². The molecule has 0 fully saturated rings. The van der Waals surface area contributed by atoms with Gasteiger partial charge in [-0.25, -0.2) is 0 Å². The van der Waals surface area contributed by atoms with Crippen molar-refractivity contribution in [2.75, 3.05) is 0 Å². The van der Waals surface area contributed by atoms with E-state index in [0.717, 1.165) is 5.56 Å². The zero-order valence-electron chi connectivity index (χ0n) is 10.9. The van der Waals surface area contributed by atoms with Crippen molar-refractivity contribution in [1.82, 2.24) is 0 Å². The van der Waals surface area contributed by atoms with Crippen LogP contribution in [0.5, 0.6) is 5.75 Å². The van der Waals surface area contributed by atoms with Gasteiger partial charge in [-0.2, -0.15) is 0 Å². The van der Waals surface area contributed by atoms with Crippen molar-refractivity contribution in [3.8, 4) is 5.75 Å². The molecule has 7 heteroatoms. The number of halogens is 2. The van der Waals surface area contributed by atoms with E-state index in [2.05, 4.69) is 0 Å². The second kappa shape index (κ2) is 6.76. The minimum Gasteiger partial charge on any atom is -0.487 e. The summed E-state index contributed by atoms with van der Waals surface area (Å²) in [5, 5.41) is 11.8. The number of nitro groups is 1. The number of hydrogen-bond acceptors (Lipinski definition) is 4. The summed E-state index contributed by atoms with van der Waals surface area (Å²) in [6.45, 7) is 0.237. The van der Waals surface area contributed by atoms with Gasteiger partial charge in [-0.1, -0.05) is 35.3 Å². The SMILES string of the molecule is NCc1cccc(Cl)c1OCc1cc(Cl)ccc1[N+](=O)[O-]. The molecule has 2 N–H and O–H groups in total. The first-order chi connectivity index (χ1) is 10.0. The van der Waals surface area contributed by atoms with E-state index in [4.69, 9.17) is 33.7 Å². The highest BCUT2D eigenvalue weighted by atomic mass is 35.5. The lowest BCUT2D eigenvalue weighted by molar-refractivity contribution is -0.385. The molecule has 0 spiro atoms. The third-order valence-corrected chi connectivity index (χ3v) is 3.41. The van der Waals surface area contributed by atoms with Crippen LogP contribution in [-0.2, 0) is 13.2 Å². The predicted octanol–water partition coefficient (Wildman–Crippen LogP) is 3.94. The Morgan fingerprint density at radius 1 is 1.19 bits per heavy atom. The van der Waals surface area contributed by atoms with Crippen LogP contribution in [0.3, 0.4) is 0 Å². The number of para-hydroxylation sites is 1. The molecule has 0 amide bonds. The van der Waals surface area contributed by atoms with Crippen molar-refractivity contribution in [3.05, 3.63) is 67.7 Å². The van der Waals surface area contributed by atoms with Crippen LogP contribution in [0.15, 0.2) is 36.4 Å². The van der Waals surface area contributed by atoms with Gasteiger partial charge >= 0.3 is 0 Å². The van der Waals surface area contributed by atoms with Gasteiger partial charge in [0.25, 0.3) is 5.69 Å². The quantitative estimate of drug-likeness (QED) is 0.666. The molecule has 0 heterocycles. The molecular formula is C14H12Cl2N2O3. The first-order valence-corrected chi connectivity index (χ1v) is 6.81. The van der Waals surface area contributed by atoms with Gasteiger partial charge in [0, 0.05) is 23.2 Å². The zero-order chi connectivity index (χ0) is 15.4. The first-order valence-electron chi connectivity index (χ1n) is 6.06. The van der Waals surface area contributed by atoms with Gasteiger partial charge < -0.3 is 10.5 Å². The van der Waals surface area contributed by atoms with E-state index in [9.17, 15) is 10.1 Å². The van der Waals surface area contributed by atoms with Crippen molar-refractivity contribution in [2.45, 2.75) is 13.2 Å². The Bertz CT molecular complexity index is 677. The molecule has 0 atom stereocenters. The highest BCUT2D eigenvalue weighted by molar-refractivity contribution is 6.32. The maximum atomic E-state index is 11.0. The molecule has 0 saturated heterocycles. The average Bonchev–Trinajstić information content (AvgIpc) is 2.45. The summed E-state index contributed by atoms with van der Waals surface area (Å²) < 4.78 is 5.62. The van der Waals surface area contributed by atoms with Crippen molar-refractivity contribution in [2.24, 2.45) is 5.73 Å². The molecule has 0 aromatic heterocycles. The van der Waals surface area contributed by atoms with Crippen LogP contribution >= 0.6 is 23.2 Å². The molecule has 0 saturated carbocycles. The van der Waals surface area contributed by atoms with Crippen molar-refractivity contribution in [1.29, 1.82) is 0 Å². The summed E-state index contributed by atoms with van der Waals surface area (Å²) >= 11 is 11.9. The lowest BCUT2D eigenvalue weighted by Gasteiger charge is -2.12. The highest BCUT2D eigenvalue weighted by Crippen LogP contribution is 2.31. The minimum absolute atomic E-state index is 0.0202. The number of ether oxygens (including phenoxy) is 1. The second-order valence-corrected chi connectivity index (χ2v) is 5.09. The van der Waals surface area contributed by atoms with Gasteiger partial charge in [-0.15, -0.1) is 0 Å². The number of nitrogens with two attached hydrogens (primary N) is 1. The fourth-order valence-electron chi connectivity index (χ4n) is 1.87. The Balaban J connectivity index is 2.28. The maximum absolute atomic E-state index is 11.0. The van der Waals surface area contributed by atoms with Gasteiger partial charge in [0.05, 0.1) is 15.5 Å². The molecule has 2 aromatic carbocycles. The van der Waals surface area contributed by atoms with Crippen LogP contribution in [0.4, 0.5) is 5.69 Å². The Morgan fingerprint density at radius 2 is 1.95 bits per heavy atom. The standard InChI is InChI=1S/C14H12Cl2N2O3/c15-11-4-5-13(18(19)20)10(6-11)8-21-14-9(7-17)2-1-3-12(14)16/h1-6H,7-8,17H2. The Hall–Kier alpha value is -1.82. The Kier molecular flexibility index (Phi) is 5.01. The summed E-state index contributed by atoms with van der Waals surface area (Å²) in [5.41, 5.74) is 6.67. The second-order valence-electron chi connectivity index (χ2n) is 4.25. The Morgan fingerprint density at radius 3 is 2.62 bits per heavy atom. The molecule has 0 bridgehead atoms. The number of benzene rings is 2. The van der Waals surface area contributed by atoms with E-state index in [0.29, 0.717) is 21.4 Å². The van der Waals surface area contributed by atoms with E-state index < -0.39 is 4.92 Å². The average molecular weight is 327 g/mol. The molecule has 110 valence electrons. The van der Waals surface area contributed by atoms with Gasteiger partial charge in [0.2, 0.25) is 0 Å². The molecule has 2 aromatic rings.